The van der Waals surface area contributed by atoms with Crippen molar-refractivity contribution in [2.24, 2.45) is 0 Å². The molecule has 0 saturated heterocycles. The third-order valence-electron chi connectivity index (χ3n) is 11.5. The summed E-state index contributed by atoms with van der Waals surface area (Å²) in [6.07, 6.45) is 57.9. The molecule has 0 rings (SSSR count). The fourth-order valence-corrected chi connectivity index (χ4v) is 7.77. The zero-order valence-corrected chi connectivity index (χ0v) is 36.3. The van der Waals surface area contributed by atoms with E-state index in [1.807, 2.05) is 6.08 Å². The van der Waals surface area contributed by atoms with Gasteiger partial charge < -0.3 is 15.5 Å². The monoisotopic (exact) mass is 748 g/mol. The maximum Gasteiger partial charge on any atom is 0.220 e. The molecule has 0 fully saturated rings. The Kier molecular flexibility index (Phi) is 44.8. The number of hydrogen-bond acceptors (Lipinski definition) is 3. The number of rotatable bonds is 45. The van der Waals surface area contributed by atoms with Crippen molar-refractivity contribution in [1.82, 2.24) is 5.32 Å². The van der Waals surface area contributed by atoms with Gasteiger partial charge in [-0.2, -0.15) is 0 Å². The molecule has 0 aromatic heterocycles. The molecule has 2 atom stereocenters. The molecule has 0 bridgehead atoms. The highest BCUT2D eigenvalue weighted by molar-refractivity contribution is 5.76. The first-order chi connectivity index (χ1) is 26.2. The molecule has 0 aliphatic heterocycles. The average molecular weight is 748 g/mol. The second kappa shape index (κ2) is 45.5. The molecule has 0 aromatic carbocycles. The Morgan fingerprint density at radius 2 is 0.698 bits per heavy atom. The van der Waals surface area contributed by atoms with Gasteiger partial charge in [-0.25, -0.2) is 0 Å². The van der Waals surface area contributed by atoms with Gasteiger partial charge in [-0.05, 0) is 19.3 Å². The Morgan fingerprint density at radius 1 is 0.434 bits per heavy atom. The number of amides is 1. The maximum atomic E-state index is 12.4. The lowest BCUT2D eigenvalue weighted by Crippen LogP contribution is -2.45. The van der Waals surface area contributed by atoms with Crippen molar-refractivity contribution in [3.63, 3.8) is 0 Å². The number of hydrogen-bond donors (Lipinski definition) is 3. The van der Waals surface area contributed by atoms with Gasteiger partial charge in [0.25, 0.3) is 0 Å². The first-order valence-corrected chi connectivity index (χ1v) is 24.4. The molecule has 2 unspecified atom stereocenters. The number of carbonyl (C=O) groups is 1. The van der Waals surface area contributed by atoms with E-state index >= 15 is 0 Å². The number of allylic oxidation sites excluding steroid dienone is 1. The molecule has 3 N–H and O–H groups in total. The van der Waals surface area contributed by atoms with Crippen LogP contribution >= 0.6 is 0 Å². The van der Waals surface area contributed by atoms with Gasteiger partial charge in [0.1, 0.15) is 0 Å². The van der Waals surface area contributed by atoms with Crippen molar-refractivity contribution in [3.8, 4) is 0 Å². The summed E-state index contributed by atoms with van der Waals surface area (Å²) in [7, 11) is 0. The van der Waals surface area contributed by atoms with E-state index in [-0.39, 0.29) is 12.5 Å². The molecule has 0 aliphatic rings. The number of aliphatic hydroxyl groups excluding tert-OH is 2. The maximum absolute atomic E-state index is 12.4. The minimum absolute atomic E-state index is 0.0602. The molecular weight excluding hydrogens is 651 g/mol. The predicted octanol–water partition coefficient (Wildman–Crippen LogP) is 15.4. The van der Waals surface area contributed by atoms with Gasteiger partial charge in [-0.15, -0.1) is 0 Å². The van der Waals surface area contributed by atoms with Gasteiger partial charge >= 0.3 is 0 Å². The van der Waals surface area contributed by atoms with Crippen LogP contribution in [-0.4, -0.2) is 34.9 Å². The van der Waals surface area contributed by atoms with E-state index in [2.05, 4.69) is 19.2 Å². The fourth-order valence-electron chi connectivity index (χ4n) is 7.77. The molecule has 0 aliphatic carbocycles. The van der Waals surface area contributed by atoms with Crippen LogP contribution in [0, 0.1) is 0 Å². The summed E-state index contributed by atoms with van der Waals surface area (Å²) < 4.78 is 0. The van der Waals surface area contributed by atoms with Crippen LogP contribution in [0.1, 0.15) is 277 Å². The highest BCUT2D eigenvalue weighted by Crippen LogP contribution is 2.17. The number of aliphatic hydroxyl groups is 2. The van der Waals surface area contributed by atoms with Crippen LogP contribution in [0.15, 0.2) is 12.2 Å². The van der Waals surface area contributed by atoms with E-state index < -0.39 is 12.1 Å². The molecule has 0 aromatic rings. The molecule has 0 radical (unpaired) electrons. The van der Waals surface area contributed by atoms with Crippen LogP contribution in [0.4, 0.5) is 0 Å². The molecule has 0 spiro atoms. The van der Waals surface area contributed by atoms with Crippen LogP contribution in [0.3, 0.4) is 0 Å². The zero-order valence-electron chi connectivity index (χ0n) is 36.3. The van der Waals surface area contributed by atoms with Crippen LogP contribution in [-0.2, 0) is 4.79 Å². The van der Waals surface area contributed by atoms with Crippen LogP contribution in [0.25, 0.3) is 0 Å². The predicted molar refractivity (Wildman–Crippen MR) is 235 cm³/mol. The van der Waals surface area contributed by atoms with Gasteiger partial charge in [0, 0.05) is 6.42 Å². The number of carbonyl (C=O) groups excluding carboxylic acids is 1. The van der Waals surface area contributed by atoms with Crippen molar-refractivity contribution in [2.45, 2.75) is 289 Å². The summed E-state index contributed by atoms with van der Waals surface area (Å²) in [5.74, 6) is -0.0602. The van der Waals surface area contributed by atoms with Crippen molar-refractivity contribution in [3.05, 3.63) is 12.2 Å². The van der Waals surface area contributed by atoms with E-state index in [0.717, 1.165) is 25.7 Å². The molecule has 4 nitrogen and oxygen atoms in total. The first kappa shape index (κ1) is 52.1. The van der Waals surface area contributed by atoms with Crippen LogP contribution in [0.5, 0.6) is 0 Å². The number of nitrogens with one attached hydrogen (secondary N) is 1. The molecular formula is C49H97NO3. The van der Waals surface area contributed by atoms with Gasteiger partial charge in [0.15, 0.2) is 0 Å². The van der Waals surface area contributed by atoms with Gasteiger partial charge in [0.05, 0.1) is 18.8 Å². The second-order valence-corrected chi connectivity index (χ2v) is 16.9. The Labute approximate surface area is 333 Å². The highest BCUT2D eigenvalue weighted by atomic mass is 16.3. The lowest BCUT2D eigenvalue weighted by atomic mass is 10.0. The molecule has 316 valence electrons. The minimum Gasteiger partial charge on any atom is -0.394 e. The fraction of sp³-hybridized carbons (Fsp3) is 0.939. The largest absolute Gasteiger partial charge is 0.394 e. The summed E-state index contributed by atoms with van der Waals surface area (Å²) in [4.78, 5) is 12.4. The van der Waals surface area contributed by atoms with Crippen molar-refractivity contribution in [2.75, 3.05) is 6.61 Å². The third-order valence-corrected chi connectivity index (χ3v) is 11.5. The summed E-state index contributed by atoms with van der Waals surface area (Å²) in [5, 5.41) is 22.9. The normalized spacial score (nSPS) is 12.9. The van der Waals surface area contributed by atoms with E-state index in [0.29, 0.717) is 6.42 Å². The second-order valence-electron chi connectivity index (χ2n) is 16.9. The van der Waals surface area contributed by atoms with Gasteiger partial charge in [-0.3, -0.25) is 4.79 Å². The first-order valence-electron chi connectivity index (χ1n) is 24.4. The number of unbranched alkanes of at least 4 members (excludes halogenated alkanes) is 38. The lowest BCUT2D eigenvalue weighted by molar-refractivity contribution is -0.123. The Morgan fingerprint density at radius 3 is 0.981 bits per heavy atom. The Balaban J connectivity index is 3.37. The Hall–Kier alpha value is -0.870. The molecule has 0 saturated carbocycles. The third kappa shape index (κ3) is 42.1. The van der Waals surface area contributed by atoms with Gasteiger partial charge in [-0.1, -0.05) is 264 Å². The smallest absolute Gasteiger partial charge is 0.220 e. The topological polar surface area (TPSA) is 69.6 Å². The summed E-state index contributed by atoms with van der Waals surface area (Å²) in [5.41, 5.74) is 0. The van der Waals surface area contributed by atoms with E-state index in [1.165, 1.54) is 231 Å². The standard InChI is InChI=1S/C49H97NO3/c1-3-5-7-9-11-13-15-16-17-18-19-20-21-22-23-24-25-26-27-28-29-30-31-32-33-34-35-37-39-41-43-45-49(53)50-47(46-51)48(52)44-42-40-38-36-14-12-10-8-6-4-2/h42,44,47-48,51-52H,3-41,43,45-46H2,1-2H3,(H,50,53)/b44-42+. The molecule has 53 heavy (non-hydrogen) atoms. The minimum atomic E-state index is -0.832. The molecule has 1 amide bonds. The lowest BCUT2D eigenvalue weighted by Gasteiger charge is -2.20. The summed E-state index contributed by atoms with van der Waals surface area (Å²) in [6.45, 7) is 4.31. The SMILES string of the molecule is CCCCCCCCCC/C=C/C(O)C(CO)NC(=O)CCCCCCCCCCCCCCCCCCCCCCCCCCCCCCCCC. The molecule has 4 heteroatoms. The van der Waals surface area contributed by atoms with Crippen molar-refractivity contribution < 1.29 is 15.0 Å². The quantitative estimate of drug-likeness (QED) is 0.0429. The van der Waals surface area contributed by atoms with Crippen molar-refractivity contribution in [1.29, 1.82) is 0 Å². The van der Waals surface area contributed by atoms with E-state index in [9.17, 15) is 15.0 Å². The van der Waals surface area contributed by atoms with E-state index in [4.69, 9.17) is 0 Å². The highest BCUT2D eigenvalue weighted by Gasteiger charge is 2.18. The summed E-state index contributed by atoms with van der Waals surface area (Å²) in [6, 6.07) is -0.615. The Bertz CT molecular complexity index is 725. The van der Waals surface area contributed by atoms with Gasteiger partial charge in [0.2, 0.25) is 5.91 Å². The average Bonchev–Trinajstić information content (AvgIpc) is 3.16. The van der Waals surface area contributed by atoms with Crippen LogP contribution in [0.2, 0.25) is 0 Å². The molecule has 0 heterocycles. The van der Waals surface area contributed by atoms with Crippen LogP contribution < -0.4 is 5.32 Å². The summed E-state index contributed by atoms with van der Waals surface area (Å²) >= 11 is 0. The van der Waals surface area contributed by atoms with Crippen molar-refractivity contribution >= 4 is 5.91 Å². The van der Waals surface area contributed by atoms with E-state index in [1.54, 1.807) is 6.08 Å². The zero-order chi connectivity index (χ0) is 38.6.